The van der Waals surface area contributed by atoms with Gasteiger partial charge >= 0.3 is 0 Å². The third kappa shape index (κ3) is 7.18. The Balaban J connectivity index is 3.46. The van der Waals surface area contributed by atoms with Crippen molar-refractivity contribution in [2.24, 2.45) is 5.73 Å². The molecular formula is C8H13N. The molecule has 0 radical (unpaired) electrons. The summed E-state index contributed by atoms with van der Waals surface area (Å²) >= 11 is 0. The number of allylic oxidation sites excluding steroid dienone is 4. The molecule has 9 heavy (non-hydrogen) atoms. The third-order valence-electron chi connectivity index (χ3n) is 0.773. The lowest BCUT2D eigenvalue weighted by molar-refractivity contribution is 0.926. The van der Waals surface area contributed by atoms with Crippen molar-refractivity contribution in [3.8, 4) is 0 Å². The van der Waals surface area contributed by atoms with Crippen molar-refractivity contribution in [1.29, 1.82) is 0 Å². The van der Waals surface area contributed by atoms with Gasteiger partial charge in [0.2, 0.25) is 0 Å². The molecule has 2 N–H and O–H groups in total. The van der Waals surface area contributed by atoms with Crippen molar-refractivity contribution in [3.05, 3.63) is 37.0 Å². The Kier molecular flexibility index (Phi) is 4.83. The lowest BCUT2D eigenvalue weighted by Crippen LogP contribution is -2.09. The number of nitrogens with two attached hydrogens (primary N) is 1. The van der Waals surface area contributed by atoms with E-state index in [9.17, 15) is 0 Å². The normalized spacial score (nSPS) is 14.9. The van der Waals surface area contributed by atoms with Crippen molar-refractivity contribution < 1.29 is 0 Å². The van der Waals surface area contributed by atoms with Gasteiger partial charge in [0.05, 0.1) is 0 Å². The van der Waals surface area contributed by atoms with Crippen LogP contribution in [0.5, 0.6) is 0 Å². The van der Waals surface area contributed by atoms with Crippen LogP contribution in [0.2, 0.25) is 0 Å². The van der Waals surface area contributed by atoms with Crippen molar-refractivity contribution in [2.75, 3.05) is 0 Å². The Morgan fingerprint density at radius 3 is 2.44 bits per heavy atom. The lowest BCUT2D eigenvalue weighted by Gasteiger charge is -1.89. The molecule has 0 fully saturated rings. The van der Waals surface area contributed by atoms with E-state index in [0.29, 0.717) is 0 Å². The smallest absolute Gasteiger partial charge is 0.0197 e. The van der Waals surface area contributed by atoms with Gasteiger partial charge in [-0.2, -0.15) is 0 Å². The van der Waals surface area contributed by atoms with Gasteiger partial charge in [0, 0.05) is 6.04 Å². The van der Waals surface area contributed by atoms with E-state index in [-0.39, 0.29) is 6.04 Å². The van der Waals surface area contributed by atoms with Crippen molar-refractivity contribution >= 4 is 0 Å². The van der Waals surface area contributed by atoms with E-state index in [1.807, 2.05) is 31.2 Å². The van der Waals surface area contributed by atoms with Crippen LogP contribution in [-0.4, -0.2) is 6.04 Å². The fourth-order valence-corrected chi connectivity index (χ4v) is 0.382. The molecule has 1 atom stereocenters. The quantitative estimate of drug-likeness (QED) is 0.567. The molecule has 1 nitrogen and oxygen atoms in total. The number of hydrogen-bond donors (Lipinski definition) is 1. The average molecular weight is 123 g/mol. The molecule has 0 amide bonds. The van der Waals surface area contributed by atoms with Gasteiger partial charge in [-0.1, -0.05) is 37.0 Å². The van der Waals surface area contributed by atoms with Crippen LogP contribution in [0, 0.1) is 0 Å². The summed E-state index contributed by atoms with van der Waals surface area (Å²) in [5.41, 5.74) is 5.43. The van der Waals surface area contributed by atoms with E-state index in [1.165, 1.54) is 0 Å². The van der Waals surface area contributed by atoms with Gasteiger partial charge < -0.3 is 5.73 Å². The minimum absolute atomic E-state index is 0.138. The first-order chi connectivity index (χ1) is 4.27. The molecule has 0 saturated carbocycles. The van der Waals surface area contributed by atoms with Crippen LogP contribution < -0.4 is 5.73 Å². The number of hydrogen-bond acceptors (Lipinski definition) is 1. The van der Waals surface area contributed by atoms with Crippen LogP contribution >= 0.6 is 0 Å². The summed E-state index contributed by atoms with van der Waals surface area (Å²) in [5, 5.41) is 0. The fourth-order valence-electron chi connectivity index (χ4n) is 0.382. The van der Waals surface area contributed by atoms with E-state index in [2.05, 4.69) is 6.58 Å². The fraction of sp³-hybridized carbons (Fsp3) is 0.250. The highest BCUT2D eigenvalue weighted by Gasteiger charge is 1.77. The zero-order valence-corrected chi connectivity index (χ0v) is 5.75. The molecule has 0 aromatic heterocycles. The summed E-state index contributed by atoms with van der Waals surface area (Å²) in [6, 6.07) is 0.138. The van der Waals surface area contributed by atoms with Gasteiger partial charge in [0.15, 0.2) is 0 Å². The van der Waals surface area contributed by atoms with Gasteiger partial charge in [0.25, 0.3) is 0 Å². The van der Waals surface area contributed by atoms with E-state index in [4.69, 9.17) is 5.73 Å². The van der Waals surface area contributed by atoms with Crippen LogP contribution in [0.3, 0.4) is 0 Å². The van der Waals surface area contributed by atoms with Gasteiger partial charge in [-0.05, 0) is 6.92 Å². The minimum Gasteiger partial charge on any atom is -0.325 e. The van der Waals surface area contributed by atoms with E-state index < -0.39 is 0 Å². The Labute approximate surface area is 56.6 Å². The molecule has 1 unspecified atom stereocenters. The summed E-state index contributed by atoms with van der Waals surface area (Å²) in [5.74, 6) is 0. The second-order valence-electron chi connectivity index (χ2n) is 1.86. The van der Waals surface area contributed by atoms with Crippen LogP contribution in [-0.2, 0) is 0 Å². The van der Waals surface area contributed by atoms with Gasteiger partial charge in [-0.25, -0.2) is 0 Å². The second kappa shape index (κ2) is 5.32. The molecule has 0 spiro atoms. The molecule has 0 heterocycles. The Hall–Kier alpha value is -0.820. The predicted octanol–water partition coefficient (Wildman–Crippen LogP) is 1.63. The molecule has 50 valence electrons. The Morgan fingerprint density at radius 1 is 1.33 bits per heavy atom. The Bertz CT molecular complexity index is 121. The van der Waals surface area contributed by atoms with E-state index >= 15 is 0 Å². The van der Waals surface area contributed by atoms with Gasteiger partial charge in [-0.3, -0.25) is 0 Å². The summed E-state index contributed by atoms with van der Waals surface area (Å²) < 4.78 is 0. The summed E-state index contributed by atoms with van der Waals surface area (Å²) in [6.45, 7) is 5.45. The molecule has 0 aromatic rings. The minimum atomic E-state index is 0.138. The highest BCUT2D eigenvalue weighted by Crippen LogP contribution is 1.80. The first-order valence-corrected chi connectivity index (χ1v) is 2.99. The van der Waals surface area contributed by atoms with Gasteiger partial charge in [0.1, 0.15) is 0 Å². The molecule has 0 rings (SSSR count). The first kappa shape index (κ1) is 8.18. The number of rotatable bonds is 3. The van der Waals surface area contributed by atoms with E-state index in [1.54, 1.807) is 6.08 Å². The molecule has 0 bridgehead atoms. The van der Waals surface area contributed by atoms with Crippen molar-refractivity contribution in [1.82, 2.24) is 0 Å². The Morgan fingerprint density at radius 2 is 2.00 bits per heavy atom. The summed E-state index contributed by atoms with van der Waals surface area (Å²) in [7, 11) is 0. The molecule has 0 saturated heterocycles. The molecule has 0 aliphatic carbocycles. The molecule has 0 aliphatic rings. The van der Waals surface area contributed by atoms with Crippen molar-refractivity contribution in [3.63, 3.8) is 0 Å². The van der Waals surface area contributed by atoms with Crippen molar-refractivity contribution in [2.45, 2.75) is 13.0 Å². The highest BCUT2D eigenvalue weighted by molar-refractivity contribution is 5.10. The molecule has 1 heteroatoms. The van der Waals surface area contributed by atoms with Crippen LogP contribution in [0.1, 0.15) is 6.92 Å². The third-order valence-corrected chi connectivity index (χ3v) is 0.773. The first-order valence-electron chi connectivity index (χ1n) is 2.99. The molecular weight excluding hydrogens is 110 g/mol. The predicted molar refractivity (Wildman–Crippen MR) is 42.1 cm³/mol. The maximum Gasteiger partial charge on any atom is 0.0197 e. The maximum atomic E-state index is 5.43. The maximum absolute atomic E-state index is 5.43. The monoisotopic (exact) mass is 123 g/mol. The molecule has 0 aromatic carbocycles. The lowest BCUT2D eigenvalue weighted by atomic mass is 10.3. The zero-order chi connectivity index (χ0) is 7.11. The average Bonchev–Trinajstić information content (AvgIpc) is 1.80. The van der Waals surface area contributed by atoms with Crippen LogP contribution in [0.4, 0.5) is 0 Å². The van der Waals surface area contributed by atoms with Gasteiger partial charge in [-0.15, -0.1) is 0 Å². The van der Waals surface area contributed by atoms with Crippen LogP contribution in [0.15, 0.2) is 37.0 Å². The highest BCUT2D eigenvalue weighted by atomic mass is 14.6. The second-order valence-corrected chi connectivity index (χ2v) is 1.86. The summed E-state index contributed by atoms with van der Waals surface area (Å²) in [4.78, 5) is 0. The zero-order valence-electron chi connectivity index (χ0n) is 5.75. The molecule has 0 aliphatic heterocycles. The summed E-state index contributed by atoms with van der Waals surface area (Å²) in [6.07, 6.45) is 9.31. The van der Waals surface area contributed by atoms with Crippen LogP contribution in [0.25, 0.3) is 0 Å². The SMILES string of the molecule is C=C/C=C\C=C/C(C)N. The standard InChI is InChI=1S/C8H13N/c1-3-4-5-6-7-8(2)9/h3-8H,1,9H2,2H3/b5-4-,7-6-. The largest absolute Gasteiger partial charge is 0.325 e. The topological polar surface area (TPSA) is 26.0 Å². The van der Waals surface area contributed by atoms with E-state index in [0.717, 1.165) is 0 Å².